The number of rotatable bonds is 3. The molecule has 2 heterocycles. The first kappa shape index (κ1) is 18.6. The summed E-state index contributed by atoms with van der Waals surface area (Å²) in [5.41, 5.74) is 1.02. The van der Waals surface area contributed by atoms with E-state index in [0.717, 1.165) is 0 Å². The number of carboxylic acids is 2. The van der Waals surface area contributed by atoms with Gasteiger partial charge in [0.25, 0.3) is 0 Å². The number of aliphatic carboxylic acids is 2. The lowest BCUT2D eigenvalue weighted by Crippen LogP contribution is -2.62. The van der Waals surface area contributed by atoms with Gasteiger partial charge in [-0.3, -0.25) is 4.90 Å². The van der Waals surface area contributed by atoms with E-state index in [1.54, 1.807) is 0 Å². The molecular weight excluding hydrogens is 284 g/mol. The molecule has 126 valence electrons. The number of hydrogen-bond acceptors (Lipinski definition) is 4. The van der Waals surface area contributed by atoms with Crippen molar-refractivity contribution in [2.24, 2.45) is 10.8 Å². The predicted octanol–water partition coefficient (Wildman–Crippen LogP) is 1.43. The molecule has 0 aliphatic carbocycles. The Bertz CT molecular complexity index is 415. The van der Waals surface area contributed by atoms with E-state index in [9.17, 15) is 9.59 Å². The third-order valence-corrected chi connectivity index (χ3v) is 4.23. The fraction of sp³-hybridized carbons (Fsp3) is 0.750. The van der Waals surface area contributed by atoms with E-state index >= 15 is 0 Å². The zero-order valence-electron chi connectivity index (χ0n) is 13.9. The largest absolute Gasteiger partial charge is 0.478 e. The number of hydrogen-bond donors (Lipinski definition) is 3. The minimum Gasteiger partial charge on any atom is -0.478 e. The Hall–Kier alpha value is -1.40. The highest BCUT2D eigenvalue weighted by Crippen LogP contribution is 2.42. The number of carbonyl (C=O) groups is 2. The summed E-state index contributed by atoms with van der Waals surface area (Å²) in [5, 5.41) is 19.2. The van der Waals surface area contributed by atoms with Crippen LogP contribution in [0.3, 0.4) is 0 Å². The summed E-state index contributed by atoms with van der Waals surface area (Å²) in [7, 11) is 0. The summed E-state index contributed by atoms with van der Waals surface area (Å²) in [6.07, 6.45) is 2.51. The molecule has 6 nitrogen and oxygen atoms in total. The normalized spacial score (nSPS) is 31.7. The van der Waals surface area contributed by atoms with Crippen LogP contribution >= 0.6 is 0 Å². The van der Waals surface area contributed by atoms with Crippen molar-refractivity contribution in [3.05, 3.63) is 12.2 Å². The van der Waals surface area contributed by atoms with E-state index in [-0.39, 0.29) is 0 Å². The van der Waals surface area contributed by atoms with Crippen LogP contribution in [0.2, 0.25) is 0 Å². The molecular formula is C16H28N2O4. The number of nitrogens with one attached hydrogen (secondary N) is 1. The Morgan fingerprint density at radius 3 is 1.77 bits per heavy atom. The summed E-state index contributed by atoms with van der Waals surface area (Å²) in [5.74, 6) is -2.51. The quantitative estimate of drug-likeness (QED) is 0.683. The Balaban J connectivity index is 0.000000261. The third-order valence-electron chi connectivity index (χ3n) is 4.23. The SMILES string of the molecule is CC(C)N1C[C@]2(C)CNC[C@](C)(C1)C2.O=C(O)/C=C/C(=O)O. The first-order valence-electron chi connectivity index (χ1n) is 7.64. The second kappa shape index (κ2) is 7.24. The van der Waals surface area contributed by atoms with Crippen molar-refractivity contribution in [2.45, 2.75) is 40.2 Å². The summed E-state index contributed by atoms with van der Waals surface area (Å²) in [6, 6.07) is 0.701. The highest BCUT2D eigenvalue weighted by Gasteiger charge is 2.45. The van der Waals surface area contributed by atoms with Gasteiger partial charge in [0.05, 0.1) is 0 Å². The lowest BCUT2D eigenvalue weighted by Gasteiger charge is -2.55. The molecule has 2 rings (SSSR count). The number of nitrogens with zero attached hydrogens (tertiary/aromatic N) is 1. The van der Waals surface area contributed by atoms with E-state index in [4.69, 9.17) is 10.2 Å². The molecule has 2 aliphatic heterocycles. The van der Waals surface area contributed by atoms with Crippen LogP contribution in [0.4, 0.5) is 0 Å². The van der Waals surface area contributed by atoms with E-state index in [1.807, 2.05) is 0 Å². The van der Waals surface area contributed by atoms with Crippen molar-refractivity contribution >= 4 is 11.9 Å². The van der Waals surface area contributed by atoms with Crippen molar-refractivity contribution < 1.29 is 19.8 Å². The maximum atomic E-state index is 9.55. The van der Waals surface area contributed by atoms with Crippen LogP contribution in [-0.2, 0) is 9.59 Å². The van der Waals surface area contributed by atoms with Crippen LogP contribution in [0.5, 0.6) is 0 Å². The average molecular weight is 312 g/mol. The van der Waals surface area contributed by atoms with E-state index < -0.39 is 11.9 Å². The Kier molecular flexibility index (Phi) is 6.14. The van der Waals surface area contributed by atoms with Crippen LogP contribution < -0.4 is 5.32 Å². The van der Waals surface area contributed by atoms with Crippen LogP contribution in [-0.4, -0.2) is 59.3 Å². The summed E-state index contributed by atoms with van der Waals surface area (Å²) >= 11 is 0. The van der Waals surface area contributed by atoms with Gasteiger partial charge in [-0.1, -0.05) is 13.8 Å². The molecule has 2 atom stereocenters. The van der Waals surface area contributed by atoms with E-state index in [0.29, 0.717) is 29.0 Å². The molecule has 2 bridgehead atoms. The summed E-state index contributed by atoms with van der Waals surface area (Å²) < 4.78 is 0. The van der Waals surface area contributed by atoms with E-state index in [1.165, 1.54) is 32.6 Å². The van der Waals surface area contributed by atoms with Crippen LogP contribution in [0.25, 0.3) is 0 Å². The van der Waals surface area contributed by atoms with Gasteiger partial charge in [0.15, 0.2) is 0 Å². The molecule has 22 heavy (non-hydrogen) atoms. The van der Waals surface area contributed by atoms with Gasteiger partial charge in [-0.15, -0.1) is 0 Å². The molecule has 2 saturated heterocycles. The zero-order chi connectivity index (χ0) is 17.0. The average Bonchev–Trinajstić information content (AvgIpc) is 2.34. The standard InChI is InChI=1S/C12H24N2.C4H4O4/c1-10(2)14-8-11(3)5-12(4,9-14)7-13-6-11;5-3(6)1-2-4(7)8/h10,13H,5-9H2,1-4H3;1-2H,(H,5,6)(H,7,8)/b;2-1+/t11-,12+;. The van der Waals surface area contributed by atoms with Crippen molar-refractivity contribution in [2.75, 3.05) is 26.2 Å². The molecule has 2 aliphatic rings. The fourth-order valence-electron chi connectivity index (χ4n) is 3.59. The van der Waals surface area contributed by atoms with Gasteiger partial charge in [0, 0.05) is 44.4 Å². The Labute approximate surface area is 132 Å². The second-order valence-electron chi connectivity index (χ2n) is 7.41. The monoisotopic (exact) mass is 312 g/mol. The van der Waals surface area contributed by atoms with Gasteiger partial charge in [-0.25, -0.2) is 9.59 Å². The van der Waals surface area contributed by atoms with Gasteiger partial charge < -0.3 is 15.5 Å². The second-order valence-corrected chi connectivity index (χ2v) is 7.41. The number of carboxylic acid groups (broad SMARTS) is 2. The number of likely N-dealkylation sites (tertiary alicyclic amines) is 1. The molecule has 6 heteroatoms. The lowest BCUT2D eigenvalue weighted by molar-refractivity contribution is -0.134. The molecule has 0 amide bonds. The fourth-order valence-corrected chi connectivity index (χ4v) is 3.59. The minimum atomic E-state index is -1.26. The van der Waals surface area contributed by atoms with Gasteiger partial charge in [0.1, 0.15) is 0 Å². The smallest absolute Gasteiger partial charge is 0.328 e. The van der Waals surface area contributed by atoms with Gasteiger partial charge in [0.2, 0.25) is 0 Å². The lowest BCUT2D eigenvalue weighted by atomic mass is 9.66. The Morgan fingerprint density at radius 2 is 1.45 bits per heavy atom. The Morgan fingerprint density at radius 1 is 1.05 bits per heavy atom. The zero-order valence-corrected chi connectivity index (χ0v) is 13.9. The summed E-state index contributed by atoms with van der Waals surface area (Å²) in [4.78, 5) is 21.8. The molecule has 0 aromatic carbocycles. The molecule has 0 saturated carbocycles. The maximum Gasteiger partial charge on any atom is 0.328 e. The highest BCUT2D eigenvalue weighted by atomic mass is 16.4. The van der Waals surface area contributed by atoms with Gasteiger partial charge in [-0.05, 0) is 31.1 Å². The molecule has 0 unspecified atom stereocenters. The van der Waals surface area contributed by atoms with Crippen molar-refractivity contribution in [3.63, 3.8) is 0 Å². The van der Waals surface area contributed by atoms with Gasteiger partial charge >= 0.3 is 11.9 Å². The molecule has 0 aromatic heterocycles. The van der Waals surface area contributed by atoms with Crippen LogP contribution in [0, 0.1) is 10.8 Å². The first-order valence-corrected chi connectivity index (χ1v) is 7.64. The maximum absolute atomic E-state index is 9.55. The third kappa shape index (κ3) is 5.77. The first-order chi connectivity index (χ1) is 10.1. The number of fused-ring (bicyclic) bond motifs is 2. The molecule has 0 aromatic rings. The van der Waals surface area contributed by atoms with Crippen molar-refractivity contribution in [1.29, 1.82) is 0 Å². The van der Waals surface area contributed by atoms with Gasteiger partial charge in [-0.2, -0.15) is 0 Å². The molecule has 2 fully saturated rings. The topological polar surface area (TPSA) is 89.9 Å². The van der Waals surface area contributed by atoms with E-state index in [2.05, 4.69) is 37.9 Å². The van der Waals surface area contributed by atoms with Crippen molar-refractivity contribution in [1.82, 2.24) is 10.2 Å². The molecule has 3 N–H and O–H groups in total. The summed E-state index contributed by atoms with van der Waals surface area (Å²) in [6.45, 7) is 14.5. The predicted molar refractivity (Wildman–Crippen MR) is 84.8 cm³/mol. The molecule has 0 radical (unpaired) electrons. The van der Waals surface area contributed by atoms with Crippen molar-refractivity contribution in [3.8, 4) is 0 Å². The minimum absolute atomic E-state index is 0.509. The number of piperidine rings is 2. The van der Waals surface area contributed by atoms with Crippen LogP contribution in [0.1, 0.15) is 34.1 Å². The highest BCUT2D eigenvalue weighted by molar-refractivity contribution is 5.89. The molecule has 0 spiro atoms. The van der Waals surface area contributed by atoms with Crippen LogP contribution in [0.15, 0.2) is 12.2 Å².